The number of carboxylic acids is 1. The largest absolute Gasteiger partial charge is 0.477 e. The molecule has 2 aromatic carbocycles. The number of carboxylic acid groups (broad SMARTS) is 1. The van der Waals surface area contributed by atoms with Gasteiger partial charge in [-0.3, -0.25) is 9.80 Å². The van der Waals surface area contributed by atoms with Gasteiger partial charge in [0, 0.05) is 6.42 Å². The van der Waals surface area contributed by atoms with Gasteiger partial charge in [0.25, 0.3) is 0 Å². The van der Waals surface area contributed by atoms with E-state index in [1.807, 2.05) is 65.7 Å². The number of aliphatic hydroxyl groups excluding tert-OH is 1. The van der Waals surface area contributed by atoms with Crippen LogP contribution in [0.15, 0.2) is 77.0 Å². The summed E-state index contributed by atoms with van der Waals surface area (Å²) in [6.07, 6.45) is 0.154. The van der Waals surface area contributed by atoms with E-state index in [1.165, 1.54) is 4.90 Å². The molecule has 2 aromatic rings. The summed E-state index contributed by atoms with van der Waals surface area (Å²) in [5.74, 6) is -2.00. The zero-order chi connectivity index (χ0) is 21.7. The van der Waals surface area contributed by atoms with Crippen molar-refractivity contribution < 1.29 is 19.8 Å². The van der Waals surface area contributed by atoms with Crippen LogP contribution in [0.3, 0.4) is 0 Å². The molecule has 5 rings (SSSR count). The first-order valence-corrected chi connectivity index (χ1v) is 10.4. The molecule has 0 aromatic heterocycles. The third-order valence-corrected chi connectivity index (χ3v) is 6.41. The summed E-state index contributed by atoms with van der Waals surface area (Å²) in [6, 6.07) is 18.9. The fourth-order valence-corrected chi connectivity index (χ4v) is 5.01. The minimum atomic E-state index is -1.11. The van der Waals surface area contributed by atoms with Gasteiger partial charge in [-0.25, -0.2) is 4.79 Å². The molecule has 1 saturated heterocycles. The topological polar surface area (TPSA) is 93.4 Å². The van der Waals surface area contributed by atoms with Crippen LogP contribution < -0.4 is 5.01 Å². The highest BCUT2D eigenvalue weighted by molar-refractivity contribution is 6.05. The molecule has 1 amide bonds. The molecule has 0 saturated carbocycles. The average molecular weight is 417 g/mol. The maximum absolute atomic E-state index is 12.6. The number of nitrogens with zero attached hydrogens (tertiary/aromatic N) is 3. The van der Waals surface area contributed by atoms with E-state index in [1.54, 1.807) is 6.92 Å². The monoisotopic (exact) mass is 417 g/mol. The minimum absolute atomic E-state index is 0.0438. The Bertz CT molecular complexity index is 1090. The molecular weight excluding hydrogens is 394 g/mol. The summed E-state index contributed by atoms with van der Waals surface area (Å²) in [7, 11) is 0. The van der Waals surface area contributed by atoms with Crippen LogP contribution in [0, 0.1) is 5.92 Å². The number of β-lactam (4-membered cyclic amide) rings is 1. The number of aliphatic hydroxyl groups is 1. The number of hydrogen-bond donors (Lipinski definition) is 2. The molecule has 7 nitrogen and oxygen atoms in total. The SMILES string of the molecule is C[C@@H](O)[C@H]1C(=O)N2C(C(=O)O)=C([C@@H]3CC(c4ccccc4)=NN3c3ccccc3)C[C@H]12. The first kappa shape index (κ1) is 19.5. The third kappa shape index (κ3) is 3.04. The predicted molar refractivity (Wildman–Crippen MR) is 115 cm³/mol. The molecule has 3 heterocycles. The van der Waals surface area contributed by atoms with E-state index in [0.29, 0.717) is 18.4 Å². The van der Waals surface area contributed by atoms with Crippen LogP contribution in [-0.2, 0) is 9.59 Å². The van der Waals surface area contributed by atoms with Crippen LogP contribution in [0.4, 0.5) is 5.69 Å². The summed E-state index contributed by atoms with van der Waals surface area (Å²) in [6.45, 7) is 1.58. The molecule has 31 heavy (non-hydrogen) atoms. The number of amides is 1. The van der Waals surface area contributed by atoms with Gasteiger partial charge >= 0.3 is 5.97 Å². The van der Waals surface area contributed by atoms with Gasteiger partial charge in [0.05, 0.1) is 35.5 Å². The average Bonchev–Trinajstić information content (AvgIpc) is 3.34. The predicted octanol–water partition coefficient (Wildman–Crippen LogP) is 2.62. The summed E-state index contributed by atoms with van der Waals surface area (Å²) in [5.41, 5.74) is 3.46. The number of hydrazone groups is 1. The molecule has 4 atom stereocenters. The number of anilines is 1. The first-order valence-electron chi connectivity index (χ1n) is 10.4. The second kappa shape index (κ2) is 7.35. The van der Waals surface area contributed by atoms with Gasteiger partial charge in [-0.15, -0.1) is 0 Å². The standard InChI is InChI=1S/C24H23N3O4/c1-14(28)21-20-12-17(22(24(30)31)26(20)23(21)29)19-13-18(15-8-4-2-5-9-15)25-27(19)16-10-6-3-7-11-16/h2-11,14,19-21,28H,12-13H2,1H3,(H,30,31)/t14-,19+,20-,21-/m1/s1. The van der Waals surface area contributed by atoms with Gasteiger partial charge in [-0.1, -0.05) is 48.5 Å². The Morgan fingerprint density at radius 3 is 2.32 bits per heavy atom. The summed E-state index contributed by atoms with van der Waals surface area (Å²) in [4.78, 5) is 26.2. The lowest BCUT2D eigenvalue weighted by molar-refractivity contribution is -0.161. The fraction of sp³-hybridized carbons (Fsp3) is 0.292. The number of para-hydroxylation sites is 1. The molecule has 0 unspecified atom stereocenters. The normalized spacial score (nSPS) is 25.9. The Balaban J connectivity index is 1.57. The molecule has 158 valence electrons. The number of benzene rings is 2. The zero-order valence-electron chi connectivity index (χ0n) is 17.0. The van der Waals surface area contributed by atoms with Crippen molar-refractivity contribution in [3.8, 4) is 0 Å². The Morgan fingerprint density at radius 1 is 1.06 bits per heavy atom. The summed E-state index contributed by atoms with van der Waals surface area (Å²) < 4.78 is 0. The number of hydrogen-bond acceptors (Lipinski definition) is 5. The maximum Gasteiger partial charge on any atom is 0.352 e. The van der Waals surface area contributed by atoms with Crippen molar-refractivity contribution in [1.29, 1.82) is 0 Å². The van der Waals surface area contributed by atoms with Gasteiger partial charge in [0.2, 0.25) is 5.91 Å². The van der Waals surface area contributed by atoms with E-state index < -0.39 is 18.0 Å². The Hall–Kier alpha value is -3.45. The Morgan fingerprint density at radius 2 is 1.71 bits per heavy atom. The molecule has 3 aliphatic rings. The van der Waals surface area contributed by atoms with Crippen LogP contribution in [0.2, 0.25) is 0 Å². The van der Waals surface area contributed by atoms with Crippen LogP contribution >= 0.6 is 0 Å². The Kier molecular flexibility index (Phi) is 4.63. The van der Waals surface area contributed by atoms with E-state index in [2.05, 4.69) is 0 Å². The van der Waals surface area contributed by atoms with Crippen LogP contribution in [-0.4, -0.2) is 50.9 Å². The van der Waals surface area contributed by atoms with Crippen molar-refractivity contribution in [1.82, 2.24) is 4.90 Å². The van der Waals surface area contributed by atoms with Gasteiger partial charge in [-0.05, 0) is 36.6 Å². The molecule has 0 radical (unpaired) electrons. The number of aliphatic carboxylic acids is 1. The van der Waals surface area contributed by atoms with E-state index in [0.717, 1.165) is 17.0 Å². The summed E-state index contributed by atoms with van der Waals surface area (Å²) in [5, 5.41) is 26.8. The molecule has 0 spiro atoms. The van der Waals surface area contributed by atoms with Gasteiger partial charge in [0.1, 0.15) is 5.70 Å². The number of carbonyl (C=O) groups excluding carboxylic acids is 1. The lowest BCUT2D eigenvalue weighted by Gasteiger charge is -2.44. The second-order valence-corrected chi connectivity index (χ2v) is 8.24. The van der Waals surface area contributed by atoms with Crippen LogP contribution in [0.5, 0.6) is 0 Å². The lowest BCUT2D eigenvalue weighted by atomic mass is 9.82. The van der Waals surface area contributed by atoms with E-state index in [9.17, 15) is 19.8 Å². The van der Waals surface area contributed by atoms with Gasteiger partial charge in [0.15, 0.2) is 0 Å². The quantitative estimate of drug-likeness (QED) is 0.730. The zero-order valence-corrected chi connectivity index (χ0v) is 17.0. The van der Waals surface area contributed by atoms with Crippen molar-refractivity contribution in [2.75, 3.05) is 5.01 Å². The van der Waals surface area contributed by atoms with Crippen molar-refractivity contribution in [2.24, 2.45) is 11.0 Å². The second-order valence-electron chi connectivity index (χ2n) is 8.24. The van der Waals surface area contributed by atoms with E-state index in [4.69, 9.17) is 5.10 Å². The number of rotatable bonds is 5. The molecule has 0 aliphatic carbocycles. The summed E-state index contributed by atoms with van der Waals surface area (Å²) >= 11 is 0. The Labute approximate surface area is 179 Å². The highest BCUT2D eigenvalue weighted by Crippen LogP contribution is 2.47. The van der Waals surface area contributed by atoms with Crippen LogP contribution in [0.25, 0.3) is 0 Å². The molecule has 7 heteroatoms. The smallest absolute Gasteiger partial charge is 0.352 e. The maximum atomic E-state index is 12.6. The number of carbonyl (C=O) groups is 2. The lowest BCUT2D eigenvalue weighted by Crippen LogP contribution is -2.61. The molecule has 1 fully saturated rings. The van der Waals surface area contributed by atoms with Gasteiger partial charge < -0.3 is 15.1 Å². The van der Waals surface area contributed by atoms with Crippen molar-refractivity contribution in [2.45, 2.75) is 38.0 Å². The van der Waals surface area contributed by atoms with E-state index in [-0.39, 0.29) is 23.7 Å². The number of fused-ring (bicyclic) bond motifs is 1. The molecule has 2 N–H and O–H groups in total. The fourth-order valence-electron chi connectivity index (χ4n) is 5.01. The van der Waals surface area contributed by atoms with Crippen molar-refractivity contribution >= 4 is 23.3 Å². The molecule has 0 bridgehead atoms. The van der Waals surface area contributed by atoms with Crippen LogP contribution in [0.1, 0.15) is 25.3 Å². The molecular formula is C24H23N3O4. The van der Waals surface area contributed by atoms with Crippen molar-refractivity contribution in [3.05, 3.63) is 77.5 Å². The van der Waals surface area contributed by atoms with E-state index >= 15 is 0 Å². The van der Waals surface area contributed by atoms with Crippen molar-refractivity contribution in [3.63, 3.8) is 0 Å². The minimum Gasteiger partial charge on any atom is -0.477 e. The molecule has 3 aliphatic heterocycles. The highest BCUT2D eigenvalue weighted by atomic mass is 16.4. The first-order chi connectivity index (χ1) is 15.0. The third-order valence-electron chi connectivity index (χ3n) is 6.41. The highest BCUT2D eigenvalue weighted by Gasteiger charge is 2.58. The van der Waals surface area contributed by atoms with Gasteiger partial charge in [-0.2, -0.15) is 5.10 Å².